The lowest BCUT2D eigenvalue weighted by atomic mass is 10.1. The molecule has 6 nitrogen and oxygen atoms in total. The number of amides is 1. The van der Waals surface area contributed by atoms with E-state index in [4.69, 9.17) is 9.26 Å². The molecule has 128 valence electrons. The number of phenolic OH excluding ortho intramolecular Hbond substituents is 1. The molecule has 1 heterocycles. The van der Waals surface area contributed by atoms with Crippen LogP contribution < -0.4 is 5.32 Å². The van der Waals surface area contributed by atoms with Gasteiger partial charge in [0, 0.05) is 23.4 Å². The van der Waals surface area contributed by atoms with Crippen LogP contribution in [-0.2, 0) is 16.1 Å². The average molecular weight is 342 g/mol. The van der Waals surface area contributed by atoms with Crippen molar-refractivity contribution < 1.29 is 23.6 Å². The van der Waals surface area contributed by atoms with E-state index in [-0.39, 0.29) is 30.7 Å². The molecule has 3 aromatic rings. The number of aromatic hydroxyl groups is 1. The average Bonchev–Trinajstić information content (AvgIpc) is 3.04. The number of ether oxygens (including phenoxy) is 1. The van der Waals surface area contributed by atoms with Crippen LogP contribution in [0.25, 0.3) is 11.3 Å². The lowest BCUT2D eigenvalue weighted by Gasteiger charge is -2.05. The molecule has 0 atom stereocenters. The Balaban J connectivity index is 1.49. The number of halogens is 1. The maximum atomic E-state index is 12.9. The van der Waals surface area contributed by atoms with Gasteiger partial charge in [-0.15, -0.1) is 0 Å². The van der Waals surface area contributed by atoms with Crippen molar-refractivity contribution in [2.24, 2.45) is 0 Å². The third-order valence-corrected chi connectivity index (χ3v) is 3.30. The van der Waals surface area contributed by atoms with Crippen molar-refractivity contribution in [2.75, 3.05) is 11.9 Å². The number of nitrogens with one attached hydrogen (secondary N) is 1. The molecule has 0 saturated carbocycles. The Hall–Kier alpha value is -3.19. The second kappa shape index (κ2) is 7.59. The van der Waals surface area contributed by atoms with Gasteiger partial charge < -0.3 is 19.7 Å². The van der Waals surface area contributed by atoms with E-state index in [1.54, 1.807) is 30.3 Å². The van der Waals surface area contributed by atoms with Crippen LogP contribution in [0.15, 0.2) is 59.1 Å². The zero-order chi connectivity index (χ0) is 17.6. The van der Waals surface area contributed by atoms with Gasteiger partial charge in [-0.2, -0.15) is 0 Å². The summed E-state index contributed by atoms with van der Waals surface area (Å²) in [6, 6.07) is 13.7. The smallest absolute Gasteiger partial charge is 0.250 e. The van der Waals surface area contributed by atoms with Crippen LogP contribution in [0.1, 0.15) is 5.69 Å². The Labute approximate surface area is 142 Å². The van der Waals surface area contributed by atoms with Gasteiger partial charge in [-0.3, -0.25) is 4.79 Å². The molecule has 0 spiro atoms. The number of hydrogen-bond acceptors (Lipinski definition) is 5. The number of phenols is 1. The van der Waals surface area contributed by atoms with Gasteiger partial charge in [0.05, 0.1) is 6.61 Å². The first-order valence-electron chi connectivity index (χ1n) is 7.48. The van der Waals surface area contributed by atoms with E-state index in [2.05, 4.69) is 10.5 Å². The Morgan fingerprint density at radius 1 is 1.20 bits per heavy atom. The quantitative estimate of drug-likeness (QED) is 0.718. The molecule has 0 unspecified atom stereocenters. The predicted octanol–water partition coefficient (Wildman–Crippen LogP) is 3.34. The van der Waals surface area contributed by atoms with Crippen molar-refractivity contribution in [1.29, 1.82) is 0 Å². The minimum atomic E-state index is -0.354. The van der Waals surface area contributed by atoms with E-state index < -0.39 is 0 Å². The van der Waals surface area contributed by atoms with Crippen molar-refractivity contribution >= 4 is 11.6 Å². The first-order chi connectivity index (χ1) is 12.1. The maximum absolute atomic E-state index is 12.9. The van der Waals surface area contributed by atoms with Gasteiger partial charge in [0.2, 0.25) is 5.91 Å². The highest BCUT2D eigenvalue weighted by atomic mass is 19.1. The van der Waals surface area contributed by atoms with Gasteiger partial charge in [-0.05, 0) is 36.4 Å². The zero-order valence-electron chi connectivity index (χ0n) is 13.1. The van der Waals surface area contributed by atoms with Gasteiger partial charge in [0.15, 0.2) is 5.76 Å². The Bertz CT molecular complexity index is 862. The Kier molecular flexibility index (Phi) is 5.06. The summed E-state index contributed by atoms with van der Waals surface area (Å²) >= 11 is 0. The van der Waals surface area contributed by atoms with Crippen molar-refractivity contribution in [2.45, 2.75) is 6.61 Å². The summed E-state index contributed by atoms with van der Waals surface area (Å²) in [5.41, 5.74) is 1.69. The topological polar surface area (TPSA) is 84.6 Å². The van der Waals surface area contributed by atoms with E-state index >= 15 is 0 Å². The molecular weight excluding hydrogens is 327 g/mol. The number of benzene rings is 2. The molecule has 1 aromatic heterocycles. The Morgan fingerprint density at radius 2 is 2.00 bits per heavy atom. The fraction of sp³-hybridized carbons (Fsp3) is 0.111. The minimum Gasteiger partial charge on any atom is -0.508 e. The number of carbonyl (C=O) groups excluding carboxylic acids is 1. The summed E-state index contributed by atoms with van der Waals surface area (Å²) in [5, 5.41) is 15.8. The molecule has 0 bridgehead atoms. The van der Waals surface area contributed by atoms with E-state index in [0.717, 1.165) is 0 Å². The molecule has 0 fully saturated rings. The molecule has 0 aliphatic heterocycles. The van der Waals surface area contributed by atoms with Crippen molar-refractivity contribution in [3.05, 3.63) is 66.1 Å². The lowest BCUT2D eigenvalue weighted by Crippen LogP contribution is -2.18. The van der Waals surface area contributed by atoms with Gasteiger partial charge in [0.25, 0.3) is 0 Å². The van der Waals surface area contributed by atoms with Crippen LogP contribution >= 0.6 is 0 Å². The molecule has 0 saturated heterocycles. The highest BCUT2D eigenvalue weighted by molar-refractivity contribution is 5.91. The molecule has 0 radical (unpaired) electrons. The molecule has 2 N–H and O–H groups in total. The summed E-state index contributed by atoms with van der Waals surface area (Å²) in [6.07, 6.45) is 0. The van der Waals surface area contributed by atoms with Crippen LogP contribution in [0.2, 0.25) is 0 Å². The zero-order valence-corrected chi connectivity index (χ0v) is 13.1. The molecule has 0 aliphatic rings. The summed E-state index contributed by atoms with van der Waals surface area (Å²) in [6.45, 7) is -0.0768. The molecule has 1 amide bonds. The van der Waals surface area contributed by atoms with Crippen LogP contribution in [-0.4, -0.2) is 22.8 Å². The van der Waals surface area contributed by atoms with Crippen molar-refractivity contribution in [3.63, 3.8) is 0 Å². The lowest BCUT2D eigenvalue weighted by molar-refractivity contribution is -0.121. The minimum absolute atomic E-state index is 0.0645. The van der Waals surface area contributed by atoms with E-state index in [1.807, 2.05) is 0 Å². The van der Waals surface area contributed by atoms with Crippen LogP contribution in [0.5, 0.6) is 5.75 Å². The molecule has 7 heteroatoms. The molecule has 2 aromatic carbocycles. The van der Waals surface area contributed by atoms with Gasteiger partial charge in [-0.1, -0.05) is 11.2 Å². The predicted molar refractivity (Wildman–Crippen MR) is 88.3 cm³/mol. The molecule has 25 heavy (non-hydrogen) atoms. The van der Waals surface area contributed by atoms with Crippen molar-refractivity contribution in [1.82, 2.24) is 5.16 Å². The third-order valence-electron chi connectivity index (χ3n) is 3.30. The highest BCUT2D eigenvalue weighted by Crippen LogP contribution is 2.21. The number of nitrogens with zero attached hydrogens (tertiary/aromatic N) is 1. The van der Waals surface area contributed by atoms with E-state index in [1.165, 1.54) is 24.3 Å². The van der Waals surface area contributed by atoms with Gasteiger partial charge in [0.1, 0.15) is 23.9 Å². The number of rotatable bonds is 6. The maximum Gasteiger partial charge on any atom is 0.250 e. The molecular formula is C18H15FN2O4. The fourth-order valence-corrected chi connectivity index (χ4v) is 2.16. The van der Waals surface area contributed by atoms with E-state index in [9.17, 15) is 14.3 Å². The van der Waals surface area contributed by atoms with Crippen molar-refractivity contribution in [3.8, 4) is 17.1 Å². The standard InChI is InChI=1S/C18H15FN2O4/c19-13-6-4-12(5-7-13)17-9-15(21-25-17)10-24-11-18(23)20-14-2-1-3-16(22)8-14/h1-9,22H,10-11H2,(H,20,23). The SMILES string of the molecule is O=C(COCc1cc(-c2ccc(F)cc2)on1)Nc1cccc(O)c1. The number of anilines is 1. The fourth-order valence-electron chi connectivity index (χ4n) is 2.16. The molecule has 0 aliphatic carbocycles. The summed E-state index contributed by atoms with van der Waals surface area (Å²) < 4.78 is 23.4. The normalized spacial score (nSPS) is 10.6. The van der Waals surface area contributed by atoms with Gasteiger partial charge in [-0.25, -0.2) is 4.39 Å². The third kappa shape index (κ3) is 4.65. The second-order valence-corrected chi connectivity index (χ2v) is 5.28. The highest BCUT2D eigenvalue weighted by Gasteiger charge is 2.09. The second-order valence-electron chi connectivity index (χ2n) is 5.28. The monoisotopic (exact) mass is 342 g/mol. The van der Waals surface area contributed by atoms with Crippen LogP contribution in [0.3, 0.4) is 0 Å². The first kappa shape index (κ1) is 16.7. The first-order valence-corrected chi connectivity index (χ1v) is 7.48. The van der Waals surface area contributed by atoms with Gasteiger partial charge >= 0.3 is 0 Å². The largest absolute Gasteiger partial charge is 0.508 e. The summed E-state index contributed by atoms with van der Waals surface area (Å²) in [4.78, 5) is 11.8. The summed E-state index contributed by atoms with van der Waals surface area (Å²) in [5.74, 6) is -0.130. The Morgan fingerprint density at radius 3 is 2.76 bits per heavy atom. The number of carbonyl (C=O) groups is 1. The number of hydrogen-bond donors (Lipinski definition) is 2. The molecule has 3 rings (SSSR count). The summed E-state index contributed by atoms with van der Waals surface area (Å²) in [7, 11) is 0. The van der Waals surface area contributed by atoms with E-state index in [0.29, 0.717) is 22.7 Å². The van der Waals surface area contributed by atoms with Crippen LogP contribution in [0, 0.1) is 5.82 Å². The van der Waals surface area contributed by atoms with Crippen LogP contribution in [0.4, 0.5) is 10.1 Å². The number of aromatic nitrogens is 1.